The Morgan fingerprint density at radius 1 is 0.353 bits per heavy atom. The van der Waals surface area contributed by atoms with Gasteiger partial charge in [-0.2, -0.15) is 0 Å². The van der Waals surface area contributed by atoms with Gasteiger partial charge < -0.3 is 89.9 Å². The Labute approximate surface area is 619 Å². The van der Waals surface area contributed by atoms with E-state index in [4.69, 9.17) is 28.4 Å². The average molecular weight is 1460 g/mol. The normalized spacial score (nSPS) is 26.2. The second-order valence-corrected chi connectivity index (χ2v) is 30.7. The molecular formula is C83H157NO18. The fourth-order valence-corrected chi connectivity index (χ4v) is 14.7. The number of amides is 1. The van der Waals surface area contributed by atoms with E-state index < -0.39 is 124 Å². The summed E-state index contributed by atoms with van der Waals surface area (Å²) in [5, 5.41) is 121. The quantitative estimate of drug-likeness (QED) is 0.0199. The summed E-state index contributed by atoms with van der Waals surface area (Å²) in [5.41, 5.74) is 0. The molecule has 17 atom stereocenters. The van der Waals surface area contributed by atoms with E-state index in [0.717, 1.165) is 51.4 Å². The number of unbranched alkanes of at least 4 members (excludes halogenated alkanes) is 49. The molecule has 1 amide bonds. The van der Waals surface area contributed by atoms with Crippen LogP contribution in [-0.4, -0.2) is 193 Å². The summed E-state index contributed by atoms with van der Waals surface area (Å²) in [7, 11) is 0. The number of aliphatic hydroxyl groups is 11. The molecule has 12 N–H and O–H groups in total. The fraction of sp³-hybridized carbons (Fsp3) is 0.940. The number of rotatable bonds is 69. The van der Waals surface area contributed by atoms with Crippen LogP contribution in [0.2, 0.25) is 0 Å². The first-order valence-corrected chi connectivity index (χ1v) is 42.6. The Morgan fingerprint density at radius 3 is 1.00 bits per heavy atom. The number of carbonyl (C=O) groups is 1. The van der Waals surface area contributed by atoms with Crippen LogP contribution in [0.25, 0.3) is 0 Å². The van der Waals surface area contributed by atoms with Gasteiger partial charge in [0.25, 0.3) is 0 Å². The van der Waals surface area contributed by atoms with E-state index in [-0.39, 0.29) is 18.9 Å². The van der Waals surface area contributed by atoms with E-state index in [0.29, 0.717) is 12.8 Å². The van der Waals surface area contributed by atoms with Crippen LogP contribution in [0.3, 0.4) is 0 Å². The van der Waals surface area contributed by atoms with Gasteiger partial charge in [-0.15, -0.1) is 0 Å². The van der Waals surface area contributed by atoms with E-state index in [1.165, 1.54) is 283 Å². The number of hydrogen-bond acceptors (Lipinski definition) is 18. The highest BCUT2D eigenvalue weighted by Gasteiger charge is 2.54. The molecule has 3 aliphatic rings. The third-order valence-electron chi connectivity index (χ3n) is 21.5. The molecule has 19 nitrogen and oxygen atoms in total. The second kappa shape index (κ2) is 64.1. The lowest BCUT2D eigenvalue weighted by molar-refractivity contribution is -0.379. The number of carbonyl (C=O) groups excluding carboxylic acids is 1. The first-order valence-electron chi connectivity index (χ1n) is 42.6. The molecule has 0 bridgehead atoms. The summed E-state index contributed by atoms with van der Waals surface area (Å²) >= 11 is 0. The molecule has 19 heteroatoms. The highest BCUT2D eigenvalue weighted by atomic mass is 16.8. The molecule has 3 heterocycles. The van der Waals surface area contributed by atoms with Crippen molar-refractivity contribution in [3.63, 3.8) is 0 Å². The molecule has 0 spiro atoms. The molecule has 0 aromatic carbocycles. The van der Waals surface area contributed by atoms with Crippen molar-refractivity contribution in [2.45, 2.75) is 471 Å². The van der Waals surface area contributed by atoms with Gasteiger partial charge in [0, 0.05) is 6.42 Å². The third kappa shape index (κ3) is 43.5. The third-order valence-corrected chi connectivity index (χ3v) is 21.5. The molecule has 3 fully saturated rings. The molecule has 0 aromatic rings. The second-order valence-electron chi connectivity index (χ2n) is 30.7. The van der Waals surface area contributed by atoms with Crippen LogP contribution < -0.4 is 5.32 Å². The largest absolute Gasteiger partial charge is 0.394 e. The molecule has 17 unspecified atom stereocenters. The highest BCUT2D eigenvalue weighted by molar-refractivity contribution is 5.76. The van der Waals surface area contributed by atoms with Crippen LogP contribution in [-0.2, 0) is 33.2 Å². The van der Waals surface area contributed by atoms with Crippen molar-refractivity contribution in [2.24, 2.45) is 0 Å². The Morgan fingerprint density at radius 2 is 0.647 bits per heavy atom. The van der Waals surface area contributed by atoms with Crippen molar-refractivity contribution < 1.29 is 89.4 Å². The van der Waals surface area contributed by atoms with Crippen LogP contribution in [0, 0.1) is 0 Å². The number of nitrogens with one attached hydrogen (secondary N) is 1. The van der Waals surface area contributed by atoms with Gasteiger partial charge in [0.2, 0.25) is 5.91 Å². The lowest BCUT2D eigenvalue weighted by Crippen LogP contribution is -2.66. The van der Waals surface area contributed by atoms with Gasteiger partial charge in [0.15, 0.2) is 18.9 Å². The summed E-state index contributed by atoms with van der Waals surface area (Å²) in [6.45, 7) is 1.85. The molecule has 0 aliphatic carbocycles. The molecule has 3 saturated heterocycles. The van der Waals surface area contributed by atoms with Crippen molar-refractivity contribution >= 4 is 5.91 Å². The van der Waals surface area contributed by atoms with Crippen molar-refractivity contribution in [1.82, 2.24) is 5.32 Å². The SMILES string of the molecule is CCCCCCC/C=C\C/C=C\CCCCCCCCCCCCCCCCCCCCCCCCCC(=O)NC(COC1OC(CO)C(OC2OC(CO)C(OC3OC(CO)C(O)C(O)C3O)C(O)C2O)C(O)C1O)C(O)CCCCCCCCCCCCCCCCCCCCCCCC. The zero-order valence-electron chi connectivity index (χ0n) is 64.6. The predicted molar refractivity (Wildman–Crippen MR) is 406 cm³/mol. The Balaban J connectivity index is 1.32. The van der Waals surface area contributed by atoms with Crippen molar-refractivity contribution in [3.05, 3.63) is 24.3 Å². The van der Waals surface area contributed by atoms with Crippen molar-refractivity contribution in [2.75, 3.05) is 26.4 Å². The summed E-state index contributed by atoms with van der Waals surface area (Å²) in [4.78, 5) is 13.5. The predicted octanol–water partition coefficient (Wildman–Crippen LogP) is 14.9. The molecule has 0 saturated carbocycles. The van der Waals surface area contributed by atoms with E-state index in [1.54, 1.807) is 0 Å². The maximum atomic E-state index is 13.5. The fourth-order valence-electron chi connectivity index (χ4n) is 14.7. The van der Waals surface area contributed by atoms with Gasteiger partial charge in [0.1, 0.15) is 73.2 Å². The zero-order chi connectivity index (χ0) is 73.9. The zero-order valence-corrected chi connectivity index (χ0v) is 64.6. The van der Waals surface area contributed by atoms with Gasteiger partial charge in [-0.3, -0.25) is 4.79 Å². The van der Waals surface area contributed by atoms with E-state index in [2.05, 4.69) is 43.5 Å². The van der Waals surface area contributed by atoms with Crippen molar-refractivity contribution in [1.29, 1.82) is 0 Å². The highest BCUT2D eigenvalue weighted by Crippen LogP contribution is 2.34. The Kier molecular flexibility index (Phi) is 59.4. The summed E-state index contributed by atoms with van der Waals surface area (Å²) in [5.74, 6) is -0.234. The lowest BCUT2D eigenvalue weighted by atomic mass is 9.96. The average Bonchev–Trinajstić information content (AvgIpc) is 0.781. The Bertz CT molecular complexity index is 1940. The number of aliphatic hydroxyl groups excluding tert-OH is 11. The number of ether oxygens (including phenoxy) is 6. The molecular weight excluding hydrogens is 1300 g/mol. The first-order chi connectivity index (χ1) is 49.8. The maximum Gasteiger partial charge on any atom is 0.220 e. The van der Waals surface area contributed by atoms with Gasteiger partial charge in [-0.25, -0.2) is 0 Å². The number of allylic oxidation sites excluding steroid dienone is 4. The summed E-state index contributed by atoms with van der Waals surface area (Å²) in [6, 6.07) is -0.886. The van der Waals surface area contributed by atoms with Crippen LogP contribution in [0.5, 0.6) is 0 Å². The van der Waals surface area contributed by atoms with E-state index in [1.807, 2.05) is 0 Å². The minimum Gasteiger partial charge on any atom is -0.394 e. The number of hydrogen-bond donors (Lipinski definition) is 12. The molecule has 0 aromatic heterocycles. The van der Waals surface area contributed by atoms with Crippen LogP contribution in [0.15, 0.2) is 24.3 Å². The van der Waals surface area contributed by atoms with Crippen molar-refractivity contribution in [3.8, 4) is 0 Å². The van der Waals surface area contributed by atoms with Gasteiger partial charge in [0.05, 0.1) is 38.6 Å². The summed E-state index contributed by atoms with van der Waals surface area (Å²) in [6.07, 6.45) is 51.4. The van der Waals surface area contributed by atoms with Crippen LogP contribution in [0.1, 0.15) is 367 Å². The monoisotopic (exact) mass is 1460 g/mol. The summed E-state index contributed by atoms with van der Waals surface area (Å²) < 4.78 is 34.6. The van der Waals surface area contributed by atoms with Gasteiger partial charge >= 0.3 is 0 Å². The minimum absolute atomic E-state index is 0.234. The molecule has 3 rings (SSSR count). The van der Waals surface area contributed by atoms with E-state index >= 15 is 0 Å². The Hall–Kier alpha value is -1.73. The topological polar surface area (TPSA) is 307 Å². The molecule has 602 valence electrons. The van der Waals surface area contributed by atoms with Crippen LogP contribution in [0.4, 0.5) is 0 Å². The molecule has 0 radical (unpaired) electrons. The van der Waals surface area contributed by atoms with Crippen LogP contribution >= 0.6 is 0 Å². The van der Waals surface area contributed by atoms with Gasteiger partial charge in [-0.05, 0) is 44.9 Å². The maximum absolute atomic E-state index is 13.5. The first kappa shape index (κ1) is 94.5. The smallest absolute Gasteiger partial charge is 0.220 e. The lowest BCUT2D eigenvalue weighted by Gasteiger charge is -2.48. The molecule has 3 aliphatic heterocycles. The molecule has 102 heavy (non-hydrogen) atoms. The van der Waals surface area contributed by atoms with Gasteiger partial charge in [-0.1, -0.05) is 340 Å². The minimum atomic E-state index is -1.97. The standard InChI is InChI=1S/C83H157NO18/c1-3-5-7-9-11-13-15-17-19-21-23-25-27-28-29-30-31-32-33-34-35-36-37-38-39-41-43-45-47-49-51-53-55-57-59-61-71(89)84-66(67(88)60-58-56-54-52-50-48-46-44-42-40-26-24-22-20-18-16-14-12-10-8-6-4-2)65-97-81-77(95)74(92)79(69(63-86)99-81)102-83-78(96)75(93)80(70(64-87)100-83)101-82-76(94)73(91)72(90)68(62-85)98-82/h15,17,21,23,66-70,72-83,85-88,90-96H,3-14,16,18-20,22,24-65H2,1-2H3,(H,84,89)/b17-15-,23-21-. The van der Waals surface area contributed by atoms with E-state index in [9.17, 15) is 61.0 Å².